The monoisotopic (exact) mass is 381 g/mol. The molecule has 1 amide bonds. The maximum Gasteiger partial charge on any atom is 0.247 e. The molecule has 3 aromatic rings. The summed E-state index contributed by atoms with van der Waals surface area (Å²) in [5.74, 6) is -0.139. The summed E-state index contributed by atoms with van der Waals surface area (Å²) >= 11 is 1.51. The quantitative estimate of drug-likeness (QED) is 0.712. The summed E-state index contributed by atoms with van der Waals surface area (Å²) in [5, 5.41) is 10.8. The molecule has 27 heavy (non-hydrogen) atoms. The van der Waals surface area contributed by atoms with Crippen molar-refractivity contribution in [3.63, 3.8) is 0 Å². The minimum atomic E-state index is -0.466. The maximum absolute atomic E-state index is 12.7. The molecular formula is C20H23N5OS. The van der Waals surface area contributed by atoms with Crippen LogP contribution in [0.2, 0.25) is 0 Å². The average molecular weight is 382 g/mol. The summed E-state index contributed by atoms with van der Waals surface area (Å²) in [6.07, 6.45) is 7.08. The van der Waals surface area contributed by atoms with Gasteiger partial charge in [-0.15, -0.1) is 11.3 Å². The third-order valence-corrected chi connectivity index (χ3v) is 5.89. The number of benzene rings is 1. The number of fused-ring (bicyclic) bond motifs is 1. The number of anilines is 1. The highest BCUT2D eigenvalue weighted by atomic mass is 32.1. The lowest BCUT2D eigenvalue weighted by Gasteiger charge is -2.13. The van der Waals surface area contributed by atoms with Crippen molar-refractivity contribution in [3.05, 3.63) is 52.2 Å². The second-order valence-corrected chi connectivity index (χ2v) is 8.12. The van der Waals surface area contributed by atoms with Crippen molar-refractivity contribution in [1.29, 1.82) is 0 Å². The summed E-state index contributed by atoms with van der Waals surface area (Å²) in [7, 11) is 3.60. The Labute approximate surface area is 162 Å². The van der Waals surface area contributed by atoms with Gasteiger partial charge in [-0.25, -0.2) is 4.98 Å². The van der Waals surface area contributed by atoms with E-state index in [1.54, 1.807) is 17.9 Å². The van der Waals surface area contributed by atoms with Crippen LogP contribution in [0.1, 0.15) is 34.0 Å². The number of aromatic nitrogens is 3. The van der Waals surface area contributed by atoms with Crippen molar-refractivity contribution >= 4 is 22.4 Å². The Morgan fingerprint density at radius 1 is 1.30 bits per heavy atom. The van der Waals surface area contributed by atoms with Crippen LogP contribution in [-0.2, 0) is 24.7 Å². The van der Waals surface area contributed by atoms with E-state index in [9.17, 15) is 4.79 Å². The molecular weight excluding hydrogens is 358 g/mol. The number of hydrogen-bond acceptors (Lipinski definition) is 5. The second kappa shape index (κ2) is 7.25. The fourth-order valence-corrected chi connectivity index (χ4v) is 4.49. The minimum Gasteiger partial charge on any atom is -0.305 e. The molecule has 2 N–H and O–H groups in total. The molecule has 1 atom stereocenters. The summed E-state index contributed by atoms with van der Waals surface area (Å²) in [4.78, 5) is 18.5. The zero-order valence-corrected chi connectivity index (χ0v) is 16.6. The largest absolute Gasteiger partial charge is 0.305 e. The molecule has 0 saturated carbocycles. The highest BCUT2D eigenvalue weighted by Gasteiger charge is 2.22. The van der Waals surface area contributed by atoms with Crippen LogP contribution >= 0.6 is 11.3 Å². The van der Waals surface area contributed by atoms with Gasteiger partial charge in [0.2, 0.25) is 5.91 Å². The third-order valence-electron chi connectivity index (χ3n) is 5.01. The molecule has 1 aliphatic carbocycles. The molecule has 2 aromatic heterocycles. The summed E-state index contributed by atoms with van der Waals surface area (Å²) < 4.78 is 1.69. The van der Waals surface area contributed by atoms with Gasteiger partial charge in [0.1, 0.15) is 6.04 Å². The Hall–Kier alpha value is -2.51. The van der Waals surface area contributed by atoms with Crippen molar-refractivity contribution in [2.75, 3.05) is 12.4 Å². The second-order valence-electron chi connectivity index (χ2n) is 6.92. The predicted molar refractivity (Wildman–Crippen MR) is 108 cm³/mol. The van der Waals surface area contributed by atoms with E-state index in [0.29, 0.717) is 5.13 Å². The number of rotatable bonds is 5. The van der Waals surface area contributed by atoms with Crippen LogP contribution in [0.3, 0.4) is 0 Å². The van der Waals surface area contributed by atoms with E-state index < -0.39 is 6.04 Å². The van der Waals surface area contributed by atoms with Gasteiger partial charge in [-0.3, -0.25) is 9.48 Å². The smallest absolute Gasteiger partial charge is 0.247 e. The van der Waals surface area contributed by atoms with E-state index in [1.165, 1.54) is 35.3 Å². The number of amides is 1. The van der Waals surface area contributed by atoms with E-state index in [2.05, 4.69) is 33.9 Å². The van der Waals surface area contributed by atoms with Gasteiger partial charge in [0, 0.05) is 29.2 Å². The molecule has 1 aliphatic rings. The molecule has 0 spiro atoms. The van der Waals surface area contributed by atoms with Gasteiger partial charge in [0.25, 0.3) is 0 Å². The molecule has 2 heterocycles. The van der Waals surface area contributed by atoms with Crippen LogP contribution in [0.15, 0.2) is 30.6 Å². The number of thiazole rings is 1. The highest BCUT2D eigenvalue weighted by molar-refractivity contribution is 7.16. The van der Waals surface area contributed by atoms with E-state index in [0.717, 1.165) is 28.1 Å². The molecule has 0 aliphatic heterocycles. The average Bonchev–Trinajstić information content (AvgIpc) is 3.35. The van der Waals surface area contributed by atoms with Gasteiger partial charge in [-0.2, -0.15) is 5.10 Å². The molecule has 7 heteroatoms. The van der Waals surface area contributed by atoms with Crippen molar-refractivity contribution < 1.29 is 4.79 Å². The number of hydrogen-bond donors (Lipinski definition) is 2. The number of carbonyl (C=O) groups is 1. The summed E-state index contributed by atoms with van der Waals surface area (Å²) in [6, 6.07) is 6.14. The van der Waals surface area contributed by atoms with Crippen LogP contribution < -0.4 is 10.6 Å². The zero-order chi connectivity index (χ0) is 19.0. The topological polar surface area (TPSA) is 71.8 Å². The molecule has 0 radical (unpaired) electrons. The van der Waals surface area contributed by atoms with Gasteiger partial charge >= 0.3 is 0 Å². The maximum atomic E-state index is 12.7. The van der Waals surface area contributed by atoms with Crippen molar-refractivity contribution in [1.82, 2.24) is 20.1 Å². The number of aryl methyl sites for hydroxylation is 4. The van der Waals surface area contributed by atoms with E-state index in [4.69, 9.17) is 4.98 Å². The molecule has 0 saturated heterocycles. The Bertz CT molecular complexity index is 990. The highest BCUT2D eigenvalue weighted by Crippen LogP contribution is 2.33. The molecule has 1 aromatic carbocycles. The Kier molecular flexibility index (Phi) is 4.80. The normalized spacial score (nSPS) is 14.2. The molecule has 0 bridgehead atoms. The SMILES string of the molecule is CNC(C(=O)Nc1nc(-c2ccc3c(c2)CCC3)c(C)s1)c1cnn(C)c1. The van der Waals surface area contributed by atoms with Gasteiger partial charge in [-0.05, 0) is 50.4 Å². The van der Waals surface area contributed by atoms with Crippen LogP contribution in [0.25, 0.3) is 11.3 Å². The van der Waals surface area contributed by atoms with Crippen molar-refractivity contribution in [2.45, 2.75) is 32.2 Å². The minimum absolute atomic E-state index is 0.139. The Morgan fingerprint density at radius 2 is 2.11 bits per heavy atom. The van der Waals surface area contributed by atoms with Gasteiger partial charge in [-0.1, -0.05) is 12.1 Å². The van der Waals surface area contributed by atoms with Crippen LogP contribution in [0.5, 0.6) is 0 Å². The first-order valence-electron chi connectivity index (χ1n) is 9.11. The molecule has 4 rings (SSSR count). The Balaban J connectivity index is 1.55. The number of carbonyl (C=O) groups excluding carboxylic acids is 1. The van der Waals surface area contributed by atoms with Gasteiger partial charge in [0.05, 0.1) is 11.9 Å². The lowest BCUT2D eigenvalue weighted by molar-refractivity contribution is -0.118. The van der Waals surface area contributed by atoms with E-state index in [-0.39, 0.29) is 5.91 Å². The molecule has 0 fully saturated rings. The van der Waals surface area contributed by atoms with Crippen molar-refractivity contribution in [2.24, 2.45) is 7.05 Å². The molecule has 6 nitrogen and oxygen atoms in total. The number of nitrogens with zero attached hydrogens (tertiary/aromatic N) is 3. The first-order valence-corrected chi connectivity index (χ1v) is 9.93. The number of nitrogens with one attached hydrogen (secondary N) is 2. The molecule has 1 unspecified atom stereocenters. The summed E-state index contributed by atoms with van der Waals surface area (Å²) in [6.45, 7) is 2.05. The van der Waals surface area contributed by atoms with Gasteiger partial charge in [0.15, 0.2) is 5.13 Å². The van der Waals surface area contributed by atoms with Crippen LogP contribution in [0.4, 0.5) is 5.13 Å². The standard InChI is InChI=1S/C20H23N5OS/c1-12-17(15-8-7-13-5-4-6-14(13)9-15)23-20(27-12)24-19(26)18(21-2)16-10-22-25(3)11-16/h7-11,18,21H,4-6H2,1-3H3,(H,23,24,26). The van der Waals surface area contributed by atoms with Crippen molar-refractivity contribution in [3.8, 4) is 11.3 Å². The first kappa shape index (κ1) is 17.9. The molecule has 140 valence electrons. The lowest BCUT2D eigenvalue weighted by Crippen LogP contribution is -2.30. The van der Waals surface area contributed by atoms with Gasteiger partial charge < -0.3 is 10.6 Å². The fourth-order valence-electron chi connectivity index (χ4n) is 3.65. The van der Waals surface area contributed by atoms with E-state index in [1.807, 2.05) is 20.2 Å². The fraction of sp³-hybridized carbons (Fsp3) is 0.350. The number of likely N-dealkylation sites (N-methyl/N-ethyl adjacent to an activating group) is 1. The zero-order valence-electron chi connectivity index (χ0n) is 15.7. The predicted octanol–water partition coefficient (Wildman–Crippen LogP) is 3.24. The Morgan fingerprint density at radius 3 is 2.85 bits per heavy atom. The first-order chi connectivity index (χ1) is 13.0. The van der Waals surface area contributed by atoms with E-state index >= 15 is 0 Å². The third kappa shape index (κ3) is 3.52. The van der Waals surface area contributed by atoms with Crippen LogP contribution in [-0.4, -0.2) is 27.7 Å². The van der Waals surface area contributed by atoms with Crippen LogP contribution in [0, 0.1) is 6.92 Å². The summed E-state index contributed by atoms with van der Waals surface area (Å²) in [5.41, 5.74) is 5.78. The lowest BCUT2D eigenvalue weighted by atomic mass is 10.0.